The van der Waals surface area contributed by atoms with E-state index in [-0.39, 0.29) is 0 Å². The van der Waals surface area contributed by atoms with Crippen LogP contribution < -0.4 is 5.32 Å². The first-order chi connectivity index (χ1) is 9.13. The third kappa shape index (κ3) is 3.03. The van der Waals surface area contributed by atoms with Crippen LogP contribution in [0, 0.1) is 19.8 Å². The maximum Gasteiger partial charge on any atom is 0.105 e. The molecule has 2 aliphatic rings. The van der Waals surface area contributed by atoms with Crippen LogP contribution >= 0.6 is 0 Å². The molecule has 0 aromatic carbocycles. The molecule has 2 fully saturated rings. The zero-order valence-electron chi connectivity index (χ0n) is 12.4. The summed E-state index contributed by atoms with van der Waals surface area (Å²) in [6.07, 6.45) is 4.11. The number of furan rings is 1. The van der Waals surface area contributed by atoms with Crippen LogP contribution in [0.25, 0.3) is 0 Å². The molecule has 19 heavy (non-hydrogen) atoms. The highest BCUT2D eigenvalue weighted by Gasteiger charge is 2.29. The molecule has 1 saturated carbocycles. The van der Waals surface area contributed by atoms with Gasteiger partial charge in [0.1, 0.15) is 11.5 Å². The highest BCUT2D eigenvalue weighted by Crippen LogP contribution is 2.31. The van der Waals surface area contributed by atoms with Gasteiger partial charge in [-0.1, -0.05) is 0 Å². The molecule has 2 unspecified atom stereocenters. The first-order valence-corrected chi connectivity index (χ1v) is 7.68. The fourth-order valence-corrected chi connectivity index (χ4v) is 3.26. The molecule has 0 bridgehead atoms. The third-order valence-corrected chi connectivity index (χ3v) is 4.67. The van der Waals surface area contributed by atoms with Crippen molar-refractivity contribution in [1.29, 1.82) is 0 Å². The summed E-state index contributed by atoms with van der Waals surface area (Å²) in [6, 6.07) is 3.53. The summed E-state index contributed by atoms with van der Waals surface area (Å²) in [5, 5.41) is 3.67. The van der Waals surface area contributed by atoms with Gasteiger partial charge >= 0.3 is 0 Å². The Morgan fingerprint density at radius 3 is 2.79 bits per heavy atom. The second kappa shape index (κ2) is 5.29. The highest BCUT2D eigenvalue weighted by molar-refractivity contribution is 5.23. The lowest BCUT2D eigenvalue weighted by atomic mass is 10.1. The van der Waals surface area contributed by atoms with E-state index in [0.717, 1.165) is 23.5 Å². The first-order valence-electron chi connectivity index (χ1n) is 7.68. The van der Waals surface area contributed by atoms with Gasteiger partial charge in [0.25, 0.3) is 0 Å². The van der Waals surface area contributed by atoms with Crippen LogP contribution in [-0.2, 0) is 0 Å². The van der Waals surface area contributed by atoms with E-state index in [9.17, 15) is 0 Å². The summed E-state index contributed by atoms with van der Waals surface area (Å²) >= 11 is 0. The molecule has 3 heteroatoms. The molecule has 106 valence electrons. The number of likely N-dealkylation sites (tertiary alicyclic amines) is 1. The summed E-state index contributed by atoms with van der Waals surface area (Å²) in [4.78, 5) is 2.61. The molecule has 1 saturated heterocycles. The number of rotatable bonds is 5. The van der Waals surface area contributed by atoms with Gasteiger partial charge in [0, 0.05) is 24.2 Å². The highest BCUT2D eigenvalue weighted by atomic mass is 16.3. The smallest absolute Gasteiger partial charge is 0.105 e. The minimum Gasteiger partial charge on any atom is -0.466 e. The average molecular weight is 262 g/mol. The quantitative estimate of drug-likeness (QED) is 0.884. The maximum atomic E-state index is 5.67. The minimum atomic E-state index is 0.489. The first kappa shape index (κ1) is 13.2. The van der Waals surface area contributed by atoms with Crippen molar-refractivity contribution < 1.29 is 4.42 Å². The zero-order chi connectivity index (χ0) is 13.4. The van der Waals surface area contributed by atoms with E-state index in [1.165, 1.54) is 44.5 Å². The SMILES string of the molecule is Cc1cc(C(C)N2CCC(CNC3CC3)C2)c(C)o1. The molecule has 3 rings (SSSR count). The molecular formula is C16H26N2O. The fourth-order valence-electron chi connectivity index (χ4n) is 3.26. The van der Waals surface area contributed by atoms with E-state index in [1.807, 2.05) is 6.92 Å². The van der Waals surface area contributed by atoms with Crippen LogP contribution in [0.3, 0.4) is 0 Å². The Morgan fingerprint density at radius 2 is 2.16 bits per heavy atom. The van der Waals surface area contributed by atoms with Crippen molar-refractivity contribution >= 4 is 0 Å². The van der Waals surface area contributed by atoms with Gasteiger partial charge in [-0.25, -0.2) is 0 Å². The molecule has 2 atom stereocenters. The van der Waals surface area contributed by atoms with Crippen LogP contribution in [0.5, 0.6) is 0 Å². The number of aryl methyl sites for hydroxylation is 2. The Hall–Kier alpha value is -0.800. The normalized spacial score (nSPS) is 25.9. The molecule has 1 aromatic heterocycles. The van der Waals surface area contributed by atoms with E-state index in [2.05, 4.69) is 30.1 Å². The summed E-state index contributed by atoms with van der Waals surface area (Å²) < 4.78 is 5.67. The maximum absolute atomic E-state index is 5.67. The second-order valence-corrected chi connectivity index (χ2v) is 6.38. The molecular weight excluding hydrogens is 236 g/mol. The Kier molecular flexibility index (Phi) is 3.68. The lowest BCUT2D eigenvalue weighted by Gasteiger charge is -2.24. The van der Waals surface area contributed by atoms with E-state index in [1.54, 1.807) is 0 Å². The van der Waals surface area contributed by atoms with Gasteiger partial charge in [-0.3, -0.25) is 4.90 Å². The van der Waals surface area contributed by atoms with Crippen molar-refractivity contribution in [1.82, 2.24) is 10.2 Å². The Bertz CT molecular complexity index is 436. The standard InChI is InChI=1S/C16H26N2O/c1-11-8-16(13(3)19-11)12(2)18-7-6-14(10-18)9-17-15-4-5-15/h8,12,14-15,17H,4-7,9-10H2,1-3H3. The van der Waals surface area contributed by atoms with Crippen LogP contribution in [0.1, 0.15) is 49.3 Å². The van der Waals surface area contributed by atoms with E-state index in [0.29, 0.717) is 6.04 Å². The molecule has 1 aliphatic carbocycles. The number of nitrogens with zero attached hydrogens (tertiary/aromatic N) is 1. The molecule has 1 aromatic rings. The topological polar surface area (TPSA) is 28.4 Å². The van der Waals surface area contributed by atoms with Crippen LogP contribution in [0.15, 0.2) is 10.5 Å². The van der Waals surface area contributed by atoms with Gasteiger partial charge in [-0.15, -0.1) is 0 Å². The molecule has 3 nitrogen and oxygen atoms in total. The molecule has 0 spiro atoms. The zero-order valence-corrected chi connectivity index (χ0v) is 12.4. The summed E-state index contributed by atoms with van der Waals surface area (Å²) in [5.41, 5.74) is 1.37. The van der Waals surface area contributed by atoms with E-state index >= 15 is 0 Å². The Labute approximate surface area is 116 Å². The van der Waals surface area contributed by atoms with Crippen molar-refractivity contribution in [3.8, 4) is 0 Å². The summed E-state index contributed by atoms with van der Waals surface area (Å²) in [5.74, 6) is 2.95. The van der Waals surface area contributed by atoms with Crippen LogP contribution in [0.2, 0.25) is 0 Å². The Morgan fingerprint density at radius 1 is 1.37 bits per heavy atom. The van der Waals surface area contributed by atoms with Crippen molar-refractivity contribution in [2.45, 2.75) is 52.1 Å². The summed E-state index contributed by atoms with van der Waals surface area (Å²) in [7, 11) is 0. The van der Waals surface area contributed by atoms with E-state index in [4.69, 9.17) is 4.42 Å². The fraction of sp³-hybridized carbons (Fsp3) is 0.750. The number of nitrogens with one attached hydrogen (secondary N) is 1. The van der Waals surface area contributed by atoms with Gasteiger partial charge in [0.2, 0.25) is 0 Å². The molecule has 1 N–H and O–H groups in total. The van der Waals surface area contributed by atoms with Gasteiger partial charge < -0.3 is 9.73 Å². The minimum absolute atomic E-state index is 0.489. The van der Waals surface area contributed by atoms with Gasteiger partial charge in [-0.2, -0.15) is 0 Å². The second-order valence-electron chi connectivity index (χ2n) is 6.38. The van der Waals surface area contributed by atoms with Gasteiger partial charge in [0.15, 0.2) is 0 Å². The van der Waals surface area contributed by atoms with Crippen molar-refractivity contribution in [2.75, 3.05) is 19.6 Å². The summed E-state index contributed by atoms with van der Waals surface area (Å²) in [6.45, 7) is 10.1. The molecule has 0 radical (unpaired) electrons. The van der Waals surface area contributed by atoms with Gasteiger partial charge in [-0.05, 0) is 65.1 Å². The largest absolute Gasteiger partial charge is 0.466 e. The monoisotopic (exact) mass is 262 g/mol. The molecule has 1 aliphatic heterocycles. The average Bonchev–Trinajstić information content (AvgIpc) is 2.98. The molecule has 0 amide bonds. The Balaban J connectivity index is 1.55. The van der Waals surface area contributed by atoms with Gasteiger partial charge in [0.05, 0.1) is 0 Å². The molecule has 2 heterocycles. The lowest BCUT2D eigenvalue weighted by molar-refractivity contribution is 0.249. The van der Waals surface area contributed by atoms with Crippen LogP contribution in [-0.4, -0.2) is 30.6 Å². The van der Waals surface area contributed by atoms with E-state index < -0.39 is 0 Å². The van der Waals surface area contributed by atoms with Crippen LogP contribution in [0.4, 0.5) is 0 Å². The third-order valence-electron chi connectivity index (χ3n) is 4.67. The lowest BCUT2D eigenvalue weighted by Crippen LogP contribution is -2.29. The van der Waals surface area contributed by atoms with Crippen molar-refractivity contribution in [3.63, 3.8) is 0 Å². The number of hydrogen-bond donors (Lipinski definition) is 1. The number of hydrogen-bond acceptors (Lipinski definition) is 3. The predicted octanol–water partition coefficient (Wildman–Crippen LogP) is 3.03. The van der Waals surface area contributed by atoms with Crippen molar-refractivity contribution in [3.05, 3.63) is 23.2 Å². The van der Waals surface area contributed by atoms with Crippen molar-refractivity contribution in [2.24, 2.45) is 5.92 Å². The predicted molar refractivity (Wildman–Crippen MR) is 77.3 cm³/mol.